The van der Waals surface area contributed by atoms with Crippen molar-refractivity contribution >= 4 is 23.6 Å². The number of nitriles is 1. The first-order valence-corrected chi connectivity index (χ1v) is 8.92. The Morgan fingerprint density at radius 3 is 2.85 bits per heavy atom. The minimum absolute atomic E-state index is 0.121. The predicted octanol–water partition coefficient (Wildman–Crippen LogP) is 2.78. The molecule has 0 saturated heterocycles. The van der Waals surface area contributed by atoms with Crippen molar-refractivity contribution in [1.29, 1.82) is 5.26 Å². The van der Waals surface area contributed by atoms with Gasteiger partial charge in [-0.1, -0.05) is 11.8 Å². The molecule has 2 rings (SSSR count). The van der Waals surface area contributed by atoms with E-state index >= 15 is 0 Å². The maximum absolute atomic E-state index is 12.3. The van der Waals surface area contributed by atoms with Crippen molar-refractivity contribution in [3.8, 4) is 6.07 Å². The van der Waals surface area contributed by atoms with Crippen LogP contribution in [-0.2, 0) is 16.1 Å². The molecule has 2 aromatic heterocycles. The van der Waals surface area contributed by atoms with E-state index in [2.05, 4.69) is 4.98 Å². The van der Waals surface area contributed by atoms with E-state index in [-0.39, 0.29) is 29.4 Å². The summed E-state index contributed by atoms with van der Waals surface area (Å²) >= 11 is 1.16. The fraction of sp³-hybridized carbons (Fsp3) is 0.333. The number of hydrogen-bond acceptors (Lipinski definition) is 7. The number of nitrogens with zero attached hydrogens (tertiary/aromatic N) is 3. The minimum atomic E-state index is -0.514. The number of pyridine rings is 1. The van der Waals surface area contributed by atoms with Crippen molar-refractivity contribution in [2.24, 2.45) is 0 Å². The molecule has 0 atom stereocenters. The lowest BCUT2D eigenvalue weighted by molar-refractivity contribution is -0.127. The summed E-state index contributed by atoms with van der Waals surface area (Å²) in [5.74, 6) is 0.178. The minimum Gasteiger partial charge on any atom is -0.467 e. The molecule has 0 saturated carbocycles. The Labute approximate surface area is 155 Å². The summed E-state index contributed by atoms with van der Waals surface area (Å²) in [4.78, 5) is 30.0. The third-order valence-electron chi connectivity index (χ3n) is 3.53. The number of aromatic nitrogens is 1. The molecular weight excluding hydrogens is 354 g/mol. The van der Waals surface area contributed by atoms with Crippen LogP contribution in [0.4, 0.5) is 0 Å². The zero-order chi connectivity index (χ0) is 19.1. The number of aryl methyl sites for hydroxylation is 1. The van der Waals surface area contributed by atoms with Crippen molar-refractivity contribution in [2.45, 2.75) is 25.4 Å². The number of esters is 1. The van der Waals surface area contributed by atoms with Crippen LogP contribution in [0.3, 0.4) is 0 Å². The van der Waals surface area contributed by atoms with Gasteiger partial charge in [0.1, 0.15) is 16.9 Å². The molecule has 0 unspecified atom stereocenters. The van der Waals surface area contributed by atoms with Gasteiger partial charge in [0, 0.05) is 7.05 Å². The Kier molecular flexibility index (Phi) is 6.81. The molecule has 0 N–H and O–H groups in total. The summed E-state index contributed by atoms with van der Waals surface area (Å²) in [5.41, 5.74) is 0.959. The van der Waals surface area contributed by atoms with E-state index in [1.165, 1.54) is 11.0 Å². The summed E-state index contributed by atoms with van der Waals surface area (Å²) in [7, 11) is 1.68. The van der Waals surface area contributed by atoms with Crippen molar-refractivity contribution in [1.82, 2.24) is 9.88 Å². The highest BCUT2D eigenvalue weighted by Gasteiger charge is 2.18. The number of furan rings is 1. The lowest BCUT2D eigenvalue weighted by atomic mass is 10.1. The number of ether oxygens (including phenoxy) is 1. The summed E-state index contributed by atoms with van der Waals surface area (Å²) in [5, 5.41) is 9.74. The van der Waals surface area contributed by atoms with Crippen LogP contribution in [0.2, 0.25) is 0 Å². The number of hydrogen-bond donors (Lipinski definition) is 0. The van der Waals surface area contributed by atoms with Crippen molar-refractivity contribution < 1.29 is 18.7 Å². The molecule has 0 aliphatic carbocycles. The van der Waals surface area contributed by atoms with Crippen molar-refractivity contribution in [3.05, 3.63) is 47.0 Å². The number of amides is 1. The second-order valence-electron chi connectivity index (χ2n) is 5.42. The molecule has 8 heteroatoms. The molecular formula is C18H19N3O4S. The van der Waals surface area contributed by atoms with Crippen LogP contribution in [-0.4, -0.2) is 41.2 Å². The first-order chi connectivity index (χ1) is 12.5. The third kappa shape index (κ3) is 4.86. The largest absolute Gasteiger partial charge is 0.467 e. The standard InChI is InChI=1S/C18H19N3O4S/c1-4-24-18(23)15-8-13(9-19)17(20-12(15)2)26-11-16(22)21(3)10-14-6-5-7-25-14/h5-8H,4,10-11H2,1-3H3. The Morgan fingerprint density at radius 1 is 1.46 bits per heavy atom. The zero-order valence-corrected chi connectivity index (χ0v) is 15.6. The smallest absolute Gasteiger partial charge is 0.340 e. The van der Waals surface area contributed by atoms with Gasteiger partial charge < -0.3 is 14.1 Å². The maximum atomic E-state index is 12.3. The second-order valence-corrected chi connectivity index (χ2v) is 6.39. The molecule has 136 valence electrons. The molecule has 2 heterocycles. The van der Waals surface area contributed by atoms with Crippen LogP contribution in [0.1, 0.15) is 34.3 Å². The van der Waals surface area contributed by atoms with Gasteiger partial charge in [-0.15, -0.1) is 0 Å². The average molecular weight is 373 g/mol. The normalized spacial score (nSPS) is 10.2. The maximum Gasteiger partial charge on any atom is 0.340 e. The molecule has 7 nitrogen and oxygen atoms in total. The first-order valence-electron chi connectivity index (χ1n) is 7.94. The topological polar surface area (TPSA) is 96.4 Å². The molecule has 26 heavy (non-hydrogen) atoms. The van der Waals surface area contributed by atoms with E-state index in [9.17, 15) is 14.9 Å². The molecule has 0 bridgehead atoms. The molecule has 1 amide bonds. The molecule has 0 fully saturated rings. The van der Waals surface area contributed by atoms with Crippen molar-refractivity contribution in [2.75, 3.05) is 19.4 Å². The zero-order valence-electron chi connectivity index (χ0n) is 14.8. The van der Waals surface area contributed by atoms with Gasteiger partial charge in [-0.3, -0.25) is 4.79 Å². The van der Waals surface area contributed by atoms with Gasteiger partial charge in [0.15, 0.2) is 0 Å². The van der Waals surface area contributed by atoms with E-state index in [4.69, 9.17) is 9.15 Å². The van der Waals surface area contributed by atoms with Gasteiger partial charge >= 0.3 is 5.97 Å². The van der Waals surface area contributed by atoms with Crippen LogP contribution in [0.25, 0.3) is 0 Å². The van der Waals surface area contributed by atoms with Crippen LogP contribution >= 0.6 is 11.8 Å². The SMILES string of the molecule is CCOC(=O)c1cc(C#N)c(SCC(=O)N(C)Cc2ccco2)nc1C. The second kappa shape index (κ2) is 9.06. The summed E-state index contributed by atoms with van der Waals surface area (Å²) in [6.07, 6.45) is 1.55. The number of rotatable bonds is 7. The Balaban J connectivity index is 2.06. The third-order valence-corrected chi connectivity index (χ3v) is 4.50. The Hall–Kier alpha value is -2.79. The van der Waals surface area contributed by atoms with Gasteiger partial charge in [-0.05, 0) is 32.0 Å². The van der Waals surface area contributed by atoms with Crippen molar-refractivity contribution in [3.63, 3.8) is 0 Å². The molecule has 2 aromatic rings. The van der Waals surface area contributed by atoms with E-state index in [0.29, 0.717) is 23.0 Å². The predicted molar refractivity (Wildman–Crippen MR) is 95.6 cm³/mol. The van der Waals surface area contributed by atoms with Gasteiger partial charge in [0.05, 0.1) is 42.0 Å². The molecule has 0 aliphatic rings. The highest BCUT2D eigenvalue weighted by atomic mass is 32.2. The van der Waals surface area contributed by atoms with Gasteiger partial charge in [-0.2, -0.15) is 5.26 Å². The Morgan fingerprint density at radius 2 is 2.23 bits per heavy atom. The summed E-state index contributed by atoms with van der Waals surface area (Å²) < 4.78 is 10.2. The highest BCUT2D eigenvalue weighted by molar-refractivity contribution is 7.99. The van der Waals surface area contributed by atoms with E-state index in [0.717, 1.165) is 11.8 Å². The first kappa shape index (κ1) is 19.5. The average Bonchev–Trinajstić information content (AvgIpc) is 3.12. The lowest BCUT2D eigenvalue weighted by Gasteiger charge is -2.15. The van der Waals surface area contributed by atoms with Gasteiger partial charge in [0.25, 0.3) is 0 Å². The number of carbonyl (C=O) groups is 2. The van der Waals surface area contributed by atoms with Crippen LogP contribution < -0.4 is 0 Å². The summed E-state index contributed by atoms with van der Waals surface area (Å²) in [6, 6.07) is 7.04. The quantitative estimate of drug-likeness (QED) is 0.544. The molecule has 0 spiro atoms. The van der Waals surface area contributed by atoms with Gasteiger partial charge in [-0.25, -0.2) is 9.78 Å². The fourth-order valence-electron chi connectivity index (χ4n) is 2.15. The Bertz CT molecular complexity index is 828. The van der Waals surface area contributed by atoms with E-state index in [1.807, 2.05) is 6.07 Å². The molecule has 0 aliphatic heterocycles. The van der Waals surface area contributed by atoms with E-state index < -0.39 is 5.97 Å². The van der Waals surface area contributed by atoms with Crippen LogP contribution in [0, 0.1) is 18.3 Å². The monoisotopic (exact) mass is 373 g/mol. The van der Waals surface area contributed by atoms with Gasteiger partial charge in [0.2, 0.25) is 5.91 Å². The highest BCUT2D eigenvalue weighted by Crippen LogP contribution is 2.23. The summed E-state index contributed by atoms with van der Waals surface area (Å²) in [6.45, 7) is 3.99. The fourth-order valence-corrected chi connectivity index (χ4v) is 3.10. The number of thioether (sulfide) groups is 1. The number of carbonyl (C=O) groups excluding carboxylic acids is 2. The van der Waals surface area contributed by atoms with Crippen LogP contribution in [0.15, 0.2) is 33.9 Å². The molecule has 0 aromatic carbocycles. The van der Waals surface area contributed by atoms with E-state index in [1.54, 1.807) is 39.3 Å². The van der Waals surface area contributed by atoms with Crippen LogP contribution in [0.5, 0.6) is 0 Å². The molecule has 0 radical (unpaired) electrons. The lowest BCUT2D eigenvalue weighted by Crippen LogP contribution is -2.27.